The summed E-state index contributed by atoms with van der Waals surface area (Å²) in [5.41, 5.74) is 0.690. The summed E-state index contributed by atoms with van der Waals surface area (Å²) in [4.78, 5) is 26.0. The van der Waals surface area contributed by atoms with Crippen molar-refractivity contribution in [3.8, 4) is 0 Å². The molecule has 1 amide bonds. The average molecular weight is 208 g/mol. The van der Waals surface area contributed by atoms with E-state index in [1.807, 2.05) is 6.07 Å². The molecular formula is C10H12N2O3. The molecule has 0 aromatic carbocycles. The van der Waals surface area contributed by atoms with Gasteiger partial charge in [0.05, 0.1) is 18.8 Å². The fraction of sp³-hybridized carbons (Fsp3) is 0.300. The molecule has 1 aromatic rings. The third-order valence-electron chi connectivity index (χ3n) is 1.85. The fourth-order valence-electron chi connectivity index (χ4n) is 1.05. The summed E-state index contributed by atoms with van der Waals surface area (Å²) in [7, 11) is 1.16. The van der Waals surface area contributed by atoms with Crippen molar-refractivity contribution in [1.29, 1.82) is 0 Å². The molecule has 1 heterocycles. The first kappa shape index (κ1) is 11.2. The molecule has 0 bridgehead atoms. The molecule has 0 spiro atoms. The van der Waals surface area contributed by atoms with Crippen LogP contribution >= 0.6 is 0 Å². The first-order chi connectivity index (χ1) is 7.15. The van der Waals surface area contributed by atoms with Gasteiger partial charge >= 0.3 is 11.9 Å². The van der Waals surface area contributed by atoms with Gasteiger partial charge in [-0.3, -0.25) is 9.78 Å². The van der Waals surface area contributed by atoms with Crippen molar-refractivity contribution in [2.75, 3.05) is 7.11 Å². The van der Waals surface area contributed by atoms with Gasteiger partial charge in [-0.15, -0.1) is 0 Å². The zero-order chi connectivity index (χ0) is 11.3. The summed E-state index contributed by atoms with van der Waals surface area (Å²) in [5, 5.41) is 2.47. The number of nitrogens with one attached hydrogen (secondary N) is 1. The third kappa shape index (κ3) is 3.05. The molecule has 5 nitrogen and oxygen atoms in total. The molecule has 0 saturated heterocycles. The van der Waals surface area contributed by atoms with Crippen molar-refractivity contribution in [3.63, 3.8) is 0 Å². The van der Waals surface area contributed by atoms with Crippen LogP contribution in [-0.2, 0) is 14.3 Å². The molecule has 1 aromatic heterocycles. The van der Waals surface area contributed by atoms with Crippen LogP contribution in [0.1, 0.15) is 18.7 Å². The minimum absolute atomic E-state index is 0.321. The summed E-state index contributed by atoms with van der Waals surface area (Å²) in [6.07, 6.45) is 1.62. The molecule has 0 radical (unpaired) electrons. The lowest BCUT2D eigenvalue weighted by Crippen LogP contribution is -2.34. The van der Waals surface area contributed by atoms with Gasteiger partial charge in [0.15, 0.2) is 0 Å². The second-order valence-electron chi connectivity index (χ2n) is 2.94. The molecular weight excluding hydrogens is 196 g/mol. The molecule has 0 aliphatic rings. The molecule has 80 valence electrons. The van der Waals surface area contributed by atoms with E-state index in [4.69, 9.17) is 0 Å². The number of hydrogen-bond acceptors (Lipinski definition) is 4. The van der Waals surface area contributed by atoms with Gasteiger partial charge in [-0.1, -0.05) is 6.07 Å². The Balaban J connectivity index is 2.60. The summed E-state index contributed by atoms with van der Waals surface area (Å²) in [6, 6.07) is 5.03. The van der Waals surface area contributed by atoms with Crippen molar-refractivity contribution in [2.45, 2.75) is 13.0 Å². The second kappa shape index (κ2) is 5.09. The van der Waals surface area contributed by atoms with Crippen molar-refractivity contribution >= 4 is 11.9 Å². The fourth-order valence-corrected chi connectivity index (χ4v) is 1.05. The zero-order valence-corrected chi connectivity index (χ0v) is 8.56. The van der Waals surface area contributed by atoms with Crippen molar-refractivity contribution in [2.24, 2.45) is 0 Å². The van der Waals surface area contributed by atoms with Crippen molar-refractivity contribution < 1.29 is 14.3 Å². The van der Waals surface area contributed by atoms with E-state index in [1.165, 1.54) is 0 Å². The molecule has 0 saturated carbocycles. The van der Waals surface area contributed by atoms with E-state index in [2.05, 4.69) is 15.0 Å². The lowest BCUT2D eigenvalue weighted by atomic mass is 10.2. The number of nitrogens with zero attached hydrogens (tertiary/aromatic N) is 1. The minimum atomic E-state index is -0.905. The number of esters is 1. The highest BCUT2D eigenvalue weighted by Crippen LogP contribution is 2.07. The number of carbonyl (C=O) groups excluding carboxylic acids is 2. The van der Waals surface area contributed by atoms with Gasteiger partial charge in [0.2, 0.25) is 0 Å². The molecule has 15 heavy (non-hydrogen) atoms. The normalized spacial score (nSPS) is 11.6. The maximum Gasteiger partial charge on any atom is 0.396 e. The topological polar surface area (TPSA) is 68.3 Å². The van der Waals surface area contributed by atoms with Gasteiger partial charge < -0.3 is 10.1 Å². The van der Waals surface area contributed by atoms with Crippen molar-refractivity contribution in [1.82, 2.24) is 10.3 Å². The molecule has 5 heteroatoms. The third-order valence-corrected chi connectivity index (χ3v) is 1.85. The Bertz CT molecular complexity index is 351. The number of hydrogen-bond donors (Lipinski definition) is 1. The van der Waals surface area contributed by atoms with E-state index in [-0.39, 0.29) is 6.04 Å². The maximum atomic E-state index is 11.1. The Hall–Kier alpha value is -1.91. The predicted molar refractivity (Wildman–Crippen MR) is 52.8 cm³/mol. The number of methoxy groups -OCH3 is 1. The number of pyridine rings is 1. The van der Waals surface area contributed by atoms with Crippen LogP contribution in [0, 0.1) is 0 Å². The maximum absolute atomic E-state index is 11.1. The van der Waals surface area contributed by atoms with Gasteiger partial charge in [-0.25, -0.2) is 4.79 Å². The van der Waals surface area contributed by atoms with E-state index >= 15 is 0 Å². The van der Waals surface area contributed by atoms with Crippen LogP contribution in [0.4, 0.5) is 0 Å². The predicted octanol–water partition coefficient (Wildman–Crippen LogP) is 0.432. The van der Waals surface area contributed by atoms with Crippen LogP contribution < -0.4 is 5.32 Å². The quantitative estimate of drug-likeness (QED) is 0.565. The van der Waals surface area contributed by atoms with Crippen molar-refractivity contribution in [3.05, 3.63) is 30.1 Å². The van der Waals surface area contributed by atoms with Crippen LogP contribution in [0.2, 0.25) is 0 Å². The number of carbonyl (C=O) groups is 2. The first-order valence-electron chi connectivity index (χ1n) is 4.45. The van der Waals surface area contributed by atoms with Crippen LogP contribution in [0.5, 0.6) is 0 Å². The number of aromatic nitrogens is 1. The standard InChI is InChI=1S/C10H12N2O3/c1-7(8-5-3-4-6-11-8)12-9(13)10(14)15-2/h3-7H,1-2H3,(H,12,13). The zero-order valence-electron chi connectivity index (χ0n) is 8.56. The van der Waals surface area contributed by atoms with Gasteiger partial charge in [0, 0.05) is 6.20 Å². The largest absolute Gasteiger partial charge is 0.462 e. The highest BCUT2D eigenvalue weighted by molar-refractivity contribution is 6.32. The summed E-state index contributed by atoms with van der Waals surface area (Å²) in [6.45, 7) is 1.74. The van der Waals surface area contributed by atoms with Gasteiger partial charge in [-0.05, 0) is 19.1 Å². The molecule has 1 atom stereocenters. The first-order valence-corrected chi connectivity index (χ1v) is 4.45. The molecule has 0 fully saturated rings. The SMILES string of the molecule is COC(=O)C(=O)NC(C)c1ccccn1. The number of rotatable bonds is 2. The van der Waals surface area contributed by atoms with Crippen LogP contribution in [0.3, 0.4) is 0 Å². The van der Waals surface area contributed by atoms with E-state index in [0.29, 0.717) is 5.69 Å². The lowest BCUT2D eigenvalue weighted by Gasteiger charge is -2.11. The monoisotopic (exact) mass is 208 g/mol. The van der Waals surface area contributed by atoms with Crippen LogP contribution in [-0.4, -0.2) is 24.0 Å². The van der Waals surface area contributed by atoms with Crippen LogP contribution in [0.25, 0.3) is 0 Å². The molecule has 1 unspecified atom stereocenters. The Morgan fingerprint density at radius 1 is 1.47 bits per heavy atom. The average Bonchev–Trinajstić information content (AvgIpc) is 2.29. The summed E-state index contributed by atoms with van der Waals surface area (Å²) in [5.74, 6) is -1.67. The smallest absolute Gasteiger partial charge is 0.396 e. The van der Waals surface area contributed by atoms with Gasteiger partial charge in [-0.2, -0.15) is 0 Å². The van der Waals surface area contributed by atoms with E-state index < -0.39 is 11.9 Å². The van der Waals surface area contributed by atoms with Crippen LogP contribution in [0.15, 0.2) is 24.4 Å². The van der Waals surface area contributed by atoms with Gasteiger partial charge in [0.25, 0.3) is 0 Å². The van der Waals surface area contributed by atoms with Gasteiger partial charge in [0.1, 0.15) is 0 Å². The molecule has 0 aliphatic heterocycles. The number of amides is 1. The summed E-state index contributed by atoms with van der Waals surface area (Å²) < 4.78 is 4.28. The van der Waals surface area contributed by atoms with E-state index in [1.54, 1.807) is 25.3 Å². The Morgan fingerprint density at radius 2 is 2.20 bits per heavy atom. The van der Waals surface area contributed by atoms with E-state index in [9.17, 15) is 9.59 Å². The summed E-state index contributed by atoms with van der Waals surface area (Å²) >= 11 is 0. The molecule has 0 aliphatic carbocycles. The lowest BCUT2D eigenvalue weighted by molar-refractivity contribution is -0.153. The van der Waals surface area contributed by atoms with E-state index in [0.717, 1.165) is 7.11 Å². The molecule has 1 N–H and O–H groups in total. The second-order valence-corrected chi connectivity index (χ2v) is 2.94. The highest BCUT2D eigenvalue weighted by Gasteiger charge is 2.17. The highest BCUT2D eigenvalue weighted by atomic mass is 16.5. The Labute approximate surface area is 87.5 Å². The Kier molecular flexibility index (Phi) is 3.79. The Morgan fingerprint density at radius 3 is 2.73 bits per heavy atom. The number of ether oxygens (including phenoxy) is 1. The molecule has 1 rings (SSSR count). The minimum Gasteiger partial charge on any atom is -0.462 e.